The molecule has 0 aromatic carbocycles. The van der Waals surface area contributed by atoms with Crippen LogP contribution in [0.25, 0.3) is 0 Å². The van der Waals surface area contributed by atoms with Crippen LogP contribution in [0.15, 0.2) is 12.1 Å². The molecule has 0 radical (unpaired) electrons. The molecule has 0 saturated carbocycles. The smallest absolute Gasteiger partial charge is 0.418 e. The van der Waals surface area contributed by atoms with Gasteiger partial charge in [0.25, 0.3) is 0 Å². The second-order valence-corrected chi connectivity index (χ2v) is 4.32. The lowest BCUT2D eigenvalue weighted by molar-refractivity contribution is -0.709. The van der Waals surface area contributed by atoms with Crippen LogP contribution in [0.1, 0.15) is 36.7 Å². The van der Waals surface area contributed by atoms with Gasteiger partial charge in [0.1, 0.15) is 6.54 Å². The Hall–Kier alpha value is -1.07. The highest BCUT2D eigenvalue weighted by Crippen LogP contribution is 2.06. The number of hydrogen-bond acceptors (Lipinski definition) is 0. The lowest BCUT2D eigenvalue weighted by Gasteiger charge is -2.04. The summed E-state index contributed by atoms with van der Waals surface area (Å²) in [6.45, 7) is 9.93. The molecule has 104 valence electrons. The number of unbranched alkanes of at least 4 members (excludes halogenated alkanes) is 1. The number of pyridine rings is 1. The van der Waals surface area contributed by atoms with E-state index in [1.807, 2.05) is 0 Å². The zero-order chi connectivity index (χ0) is 14.3. The van der Waals surface area contributed by atoms with Gasteiger partial charge in [-0.05, 0) is 12.5 Å². The molecule has 0 aliphatic carbocycles. The first kappa shape index (κ1) is 16.9. The molecule has 0 saturated heterocycles. The Balaban J connectivity index is 0.000000494. The number of rotatable bonds is 3. The van der Waals surface area contributed by atoms with Crippen molar-refractivity contribution in [1.29, 1.82) is 0 Å². The van der Waals surface area contributed by atoms with Crippen LogP contribution in [0.5, 0.6) is 0 Å². The molecule has 0 amide bonds. The predicted molar refractivity (Wildman–Crippen MR) is 65.9 cm³/mol. The molecule has 0 atom stereocenters. The van der Waals surface area contributed by atoms with Crippen molar-refractivity contribution < 1.29 is 21.8 Å². The summed E-state index contributed by atoms with van der Waals surface area (Å²) in [7, 11) is -6.00. The number of nitrogens with zero attached hydrogens (tertiary/aromatic N) is 1. The first-order valence-electron chi connectivity index (χ1n) is 6.00. The first-order chi connectivity index (χ1) is 8.15. The van der Waals surface area contributed by atoms with Crippen LogP contribution in [0.4, 0.5) is 17.3 Å². The van der Waals surface area contributed by atoms with E-state index in [-0.39, 0.29) is 0 Å². The SMILES string of the molecule is CCCC[n+]1c(C)cc(C)cc1C.F[B-](F)(F)F. The van der Waals surface area contributed by atoms with Gasteiger partial charge >= 0.3 is 7.25 Å². The van der Waals surface area contributed by atoms with Crippen LogP contribution < -0.4 is 4.57 Å². The third kappa shape index (κ3) is 8.09. The summed E-state index contributed by atoms with van der Waals surface area (Å²) in [5, 5.41) is 0. The Morgan fingerprint density at radius 2 is 1.39 bits per heavy atom. The van der Waals surface area contributed by atoms with Crippen molar-refractivity contribution in [2.24, 2.45) is 0 Å². The van der Waals surface area contributed by atoms with Crippen LogP contribution in [0, 0.1) is 20.8 Å². The maximum Gasteiger partial charge on any atom is 0.673 e. The normalized spacial score (nSPS) is 10.9. The quantitative estimate of drug-likeness (QED) is 0.442. The van der Waals surface area contributed by atoms with E-state index in [4.69, 9.17) is 0 Å². The molecule has 1 nitrogen and oxygen atoms in total. The van der Waals surface area contributed by atoms with Crippen molar-refractivity contribution in [2.75, 3.05) is 0 Å². The van der Waals surface area contributed by atoms with Crippen LogP contribution >= 0.6 is 0 Å². The molecule has 0 unspecified atom stereocenters. The molecule has 18 heavy (non-hydrogen) atoms. The zero-order valence-corrected chi connectivity index (χ0v) is 11.3. The van der Waals surface area contributed by atoms with Gasteiger partial charge in [-0.1, -0.05) is 13.3 Å². The molecule has 1 aromatic rings. The molecule has 1 rings (SSSR count). The van der Waals surface area contributed by atoms with Crippen LogP contribution in [-0.4, -0.2) is 7.25 Å². The maximum absolute atomic E-state index is 9.75. The Morgan fingerprint density at radius 3 is 1.72 bits per heavy atom. The Labute approximate surface area is 106 Å². The Bertz CT molecular complexity index is 348. The van der Waals surface area contributed by atoms with Gasteiger partial charge in [0.05, 0.1) is 0 Å². The predicted octanol–water partition coefficient (Wildman–Crippen LogP) is 4.00. The first-order valence-corrected chi connectivity index (χ1v) is 6.00. The molecule has 6 heteroatoms. The van der Waals surface area contributed by atoms with Gasteiger partial charge in [0.15, 0.2) is 11.4 Å². The standard InChI is InChI=1S/C12H20N.BF4/c1-5-6-7-13-11(3)8-10(2)9-12(13)4;2-1(3,4)5/h8-9H,5-7H2,1-4H3;/q+1;-1. The molecular weight excluding hydrogens is 245 g/mol. The molecule has 1 aromatic heterocycles. The van der Waals surface area contributed by atoms with Crippen molar-refractivity contribution in [3.8, 4) is 0 Å². The minimum absolute atomic E-state index is 1.16. The molecule has 1 heterocycles. The molecule has 0 N–H and O–H groups in total. The van der Waals surface area contributed by atoms with Crippen LogP contribution in [0.2, 0.25) is 0 Å². The summed E-state index contributed by atoms with van der Waals surface area (Å²) in [6, 6.07) is 4.51. The Kier molecular flexibility index (Phi) is 6.95. The van der Waals surface area contributed by atoms with E-state index in [1.54, 1.807) is 0 Å². The van der Waals surface area contributed by atoms with Gasteiger partial charge < -0.3 is 17.3 Å². The summed E-state index contributed by atoms with van der Waals surface area (Å²) < 4.78 is 41.4. The van der Waals surface area contributed by atoms with Gasteiger partial charge in [-0.2, -0.15) is 0 Å². The second-order valence-electron chi connectivity index (χ2n) is 4.32. The highest BCUT2D eigenvalue weighted by Gasteiger charge is 2.20. The second kappa shape index (κ2) is 7.39. The lowest BCUT2D eigenvalue weighted by atomic mass is 10.2. The average Bonchev–Trinajstić information content (AvgIpc) is 2.13. The minimum atomic E-state index is -6.00. The van der Waals surface area contributed by atoms with Crippen molar-refractivity contribution >= 4 is 7.25 Å². The molecule has 0 aliphatic rings. The fourth-order valence-corrected chi connectivity index (χ4v) is 1.80. The molecule has 0 aliphatic heterocycles. The van der Waals surface area contributed by atoms with E-state index in [2.05, 4.69) is 44.4 Å². The topological polar surface area (TPSA) is 3.88 Å². The number of aryl methyl sites for hydroxylation is 3. The van der Waals surface area contributed by atoms with Crippen molar-refractivity contribution in [1.82, 2.24) is 0 Å². The van der Waals surface area contributed by atoms with E-state index in [1.165, 1.54) is 29.8 Å². The van der Waals surface area contributed by atoms with Crippen LogP contribution in [0.3, 0.4) is 0 Å². The van der Waals surface area contributed by atoms with E-state index in [9.17, 15) is 17.3 Å². The molecular formula is C12H20BF4N. The number of aromatic nitrogens is 1. The van der Waals surface area contributed by atoms with Gasteiger partial charge in [-0.15, -0.1) is 0 Å². The summed E-state index contributed by atoms with van der Waals surface area (Å²) in [5.41, 5.74) is 4.12. The number of halogens is 4. The molecule has 0 fully saturated rings. The highest BCUT2D eigenvalue weighted by atomic mass is 19.5. The fourth-order valence-electron chi connectivity index (χ4n) is 1.80. The lowest BCUT2D eigenvalue weighted by Crippen LogP contribution is -2.40. The van der Waals surface area contributed by atoms with Crippen molar-refractivity contribution in [3.05, 3.63) is 29.1 Å². The molecule has 0 bridgehead atoms. The van der Waals surface area contributed by atoms with E-state index in [0.717, 1.165) is 6.54 Å². The maximum atomic E-state index is 9.75. The summed E-state index contributed by atoms with van der Waals surface area (Å²) in [5.74, 6) is 0. The zero-order valence-electron chi connectivity index (χ0n) is 11.3. The Morgan fingerprint density at radius 1 is 1.00 bits per heavy atom. The molecule has 0 spiro atoms. The third-order valence-electron chi connectivity index (χ3n) is 2.46. The van der Waals surface area contributed by atoms with Gasteiger partial charge in [-0.3, -0.25) is 0 Å². The summed E-state index contributed by atoms with van der Waals surface area (Å²) in [6.07, 6.45) is 2.54. The highest BCUT2D eigenvalue weighted by molar-refractivity contribution is 6.50. The largest absolute Gasteiger partial charge is 0.673 e. The fraction of sp³-hybridized carbons (Fsp3) is 0.583. The number of hydrogen-bond donors (Lipinski definition) is 0. The summed E-state index contributed by atoms with van der Waals surface area (Å²) in [4.78, 5) is 0. The van der Waals surface area contributed by atoms with Crippen LogP contribution in [-0.2, 0) is 6.54 Å². The van der Waals surface area contributed by atoms with Gasteiger partial charge in [-0.25, -0.2) is 4.57 Å². The summed E-state index contributed by atoms with van der Waals surface area (Å²) >= 11 is 0. The van der Waals surface area contributed by atoms with Gasteiger partial charge in [0.2, 0.25) is 0 Å². The van der Waals surface area contributed by atoms with E-state index in [0.29, 0.717) is 0 Å². The average molecular weight is 265 g/mol. The van der Waals surface area contributed by atoms with Crippen molar-refractivity contribution in [2.45, 2.75) is 47.1 Å². The minimum Gasteiger partial charge on any atom is -0.418 e. The van der Waals surface area contributed by atoms with E-state index >= 15 is 0 Å². The van der Waals surface area contributed by atoms with E-state index < -0.39 is 7.25 Å². The van der Waals surface area contributed by atoms with Gasteiger partial charge in [0, 0.05) is 32.4 Å². The van der Waals surface area contributed by atoms with Crippen molar-refractivity contribution in [3.63, 3.8) is 0 Å². The monoisotopic (exact) mass is 265 g/mol. The third-order valence-corrected chi connectivity index (χ3v) is 2.46.